The number of hydrogen-bond donors (Lipinski definition) is 1. The van der Waals surface area contributed by atoms with Gasteiger partial charge in [0.2, 0.25) is 0 Å². The summed E-state index contributed by atoms with van der Waals surface area (Å²) in [5.74, 6) is -0.576. The minimum absolute atomic E-state index is 0.0443. The Morgan fingerprint density at radius 3 is 2.82 bits per heavy atom. The van der Waals surface area contributed by atoms with E-state index in [4.69, 9.17) is 33.3 Å². The van der Waals surface area contributed by atoms with Gasteiger partial charge in [-0.3, -0.25) is 4.79 Å². The van der Waals surface area contributed by atoms with Gasteiger partial charge in [0.15, 0.2) is 0 Å². The standard InChI is InChI=1S/C14H14Cl2N4O2/c1-20(2)7-11(6-17)14(21)18-9-19-22-8-10-3-4-12(15)5-13(10)16/h3-5,7,9H,8H2,1-2H3,(H,18,19,21)/b11-7+. The molecular weight excluding hydrogens is 327 g/mol. The molecule has 0 bridgehead atoms. The molecule has 0 aliphatic carbocycles. The van der Waals surface area contributed by atoms with Crippen LogP contribution in [-0.2, 0) is 16.2 Å². The number of benzene rings is 1. The Bertz CT molecular complexity index is 636. The van der Waals surface area contributed by atoms with Crippen molar-refractivity contribution in [1.29, 1.82) is 5.26 Å². The van der Waals surface area contributed by atoms with Gasteiger partial charge in [0.25, 0.3) is 5.91 Å². The molecule has 1 aromatic rings. The number of nitrogens with one attached hydrogen (secondary N) is 1. The van der Waals surface area contributed by atoms with Gasteiger partial charge >= 0.3 is 0 Å². The normalized spacial score (nSPS) is 11.1. The smallest absolute Gasteiger partial charge is 0.268 e. The van der Waals surface area contributed by atoms with Crippen LogP contribution in [0.15, 0.2) is 35.1 Å². The van der Waals surface area contributed by atoms with Gasteiger partial charge in [0.05, 0.1) is 0 Å². The van der Waals surface area contributed by atoms with Crippen LogP contribution in [-0.4, -0.2) is 31.2 Å². The zero-order chi connectivity index (χ0) is 16.5. The lowest BCUT2D eigenvalue weighted by molar-refractivity contribution is -0.115. The molecular formula is C14H14Cl2N4O2. The van der Waals surface area contributed by atoms with Crippen LogP contribution >= 0.6 is 23.2 Å². The molecule has 6 nitrogen and oxygen atoms in total. The molecule has 22 heavy (non-hydrogen) atoms. The molecule has 0 aliphatic rings. The molecule has 1 amide bonds. The number of carbonyl (C=O) groups is 1. The predicted octanol–water partition coefficient (Wildman–Crippen LogP) is 2.54. The van der Waals surface area contributed by atoms with Crippen LogP contribution < -0.4 is 5.32 Å². The number of amides is 1. The van der Waals surface area contributed by atoms with Crippen molar-refractivity contribution in [2.45, 2.75) is 6.61 Å². The van der Waals surface area contributed by atoms with Crippen LogP contribution in [0.2, 0.25) is 10.0 Å². The van der Waals surface area contributed by atoms with E-state index in [-0.39, 0.29) is 12.2 Å². The van der Waals surface area contributed by atoms with Gasteiger partial charge in [-0.2, -0.15) is 5.26 Å². The molecule has 1 rings (SSSR count). The summed E-state index contributed by atoms with van der Waals surface area (Å²) in [5.41, 5.74) is 0.664. The van der Waals surface area contributed by atoms with E-state index in [9.17, 15) is 4.79 Å². The Hall–Kier alpha value is -2.23. The van der Waals surface area contributed by atoms with Crippen LogP contribution in [0.5, 0.6) is 0 Å². The van der Waals surface area contributed by atoms with Crippen molar-refractivity contribution in [2.75, 3.05) is 14.1 Å². The average Bonchev–Trinajstić information content (AvgIpc) is 2.46. The van der Waals surface area contributed by atoms with E-state index in [1.165, 1.54) is 6.20 Å². The summed E-state index contributed by atoms with van der Waals surface area (Å²) in [6.45, 7) is 0.126. The summed E-state index contributed by atoms with van der Waals surface area (Å²) >= 11 is 11.7. The quantitative estimate of drug-likeness (QED) is 0.284. The highest BCUT2D eigenvalue weighted by Crippen LogP contribution is 2.21. The van der Waals surface area contributed by atoms with Crippen LogP contribution in [0.1, 0.15) is 5.56 Å². The van der Waals surface area contributed by atoms with E-state index >= 15 is 0 Å². The summed E-state index contributed by atoms with van der Waals surface area (Å²) in [4.78, 5) is 18.2. The first-order valence-electron chi connectivity index (χ1n) is 6.11. The largest absolute Gasteiger partial charge is 0.390 e. The molecule has 116 valence electrons. The molecule has 0 heterocycles. The topological polar surface area (TPSA) is 77.7 Å². The Kier molecular flexibility index (Phi) is 7.23. The van der Waals surface area contributed by atoms with E-state index < -0.39 is 5.91 Å². The second-order valence-electron chi connectivity index (χ2n) is 4.34. The van der Waals surface area contributed by atoms with Crippen molar-refractivity contribution in [1.82, 2.24) is 10.2 Å². The monoisotopic (exact) mass is 340 g/mol. The fraction of sp³-hybridized carbons (Fsp3) is 0.214. The minimum Gasteiger partial charge on any atom is -0.390 e. The summed E-state index contributed by atoms with van der Waals surface area (Å²) in [6, 6.07) is 6.78. The summed E-state index contributed by atoms with van der Waals surface area (Å²) < 4.78 is 0. The van der Waals surface area contributed by atoms with Crippen molar-refractivity contribution in [3.05, 3.63) is 45.6 Å². The lowest BCUT2D eigenvalue weighted by atomic mass is 10.2. The van der Waals surface area contributed by atoms with E-state index in [1.807, 2.05) is 0 Å². The first-order valence-corrected chi connectivity index (χ1v) is 6.86. The van der Waals surface area contributed by atoms with Gasteiger partial charge < -0.3 is 15.1 Å². The molecule has 1 aromatic carbocycles. The van der Waals surface area contributed by atoms with Gasteiger partial charge in [0, 0.05) is 35.9 Å². The average molecular weight is 341 g/mol. The predicted molar refractivity (Wildman–Crippen MR) is 85.3 cm³/mol. The molecule has 0 aliphatic heterocycles. The maximum atomic E-state index is 11.6. The number of carbonyl (C=O) groups excluding carboxylic acids is 1. The second kappa shape index (κ2) is 8.93. The molecule has 0 saturated heterocycles. The second-order valence-corrected chi connectivity index (χ2v) is 5.18. The van der Waals surface area contributed by atoms with Crippen molar-refractivity contribution < 1.29 is 9.63 Å². The maximum absolute atomic E-state index is 11.6. The molecule has 8 heteroatoms. The maximum Gasteiger partial charge on any atom is 0.268 e. The van der Waals surface area contributed by atoms with Gasteiger partial charge in [0.1, 0.15) is 24.6 Å². The van der Waals surface area contributed by atoms with Crippen LogP contribution in [0.4, 0.5) is 0 Å². The molecule has 0 atom stereocenters. The Balaban J connectivity index is 2.47. The van der Waals surface area contributed by atoms with E-state index in [0.29, 0.717) is 15.6 Å². The van der Waals surface area contributed by atoms with Crippen LogP contribution in [0.3, 0.4) is 0 Å². The number of hydrogen-bond acceptors (Lipinski definition) is 5. The number of rotatable bonds is 6. The third kappa shape index (κ3) is 6.04. The number of oxime groups is 1. The lowest BCUT2D eigenvalue weighted by Gasteiger charge is -2.05. The van der Waals surface area contributed by atoms with E-state index in [0.717, 1.165) is 6.34 Å². The van der Waals surface area contributed by atoms with Gasteiger partial charge in [-0.05, 0) is 12.1 Å². The molecule has 1 N–H and O–H groups in total. The highest BCUT2D eigenvalue weighted by Gasteiger charge is 2.07. The highest BCUT2D eigenvalue weighted by molar-refractivity contribution is 6.35. The Morgan fingerprint density at radius 1 is 1.50 bits per heavy atom. The van der Waals surface area contributed by atoms with Crippen molar-refractivity contribution in [2.24, 2.45) is 5.16 Å². The third-order valence-corrected chi connectivity index (χ3v) is 2.90. The summed E-state index contributed by atoms with van der Waals surface area (Å²) in [6.07, 6.45) is 2.46. The summed E-state index contributed by atoms with van der Waals surface area (Å²) in [7, 11) is 3.41. The Labute approximate surface area is 138 Å². The molecule has 0 radical (unpaired) electrons. The van der Waals surface area contributed by atoms with Gasteiger partial charge in [-0.15, -0.1) is 0 Å². The lowest BCUT2D eigenvalue weighted by Crippen LogP contribution is -2.24. The fourth-order valence-electron chi connectivity index (χ4n) is 1.34. The van der Waals surface area contributed by atoms with Crippen molar-refractivity contribution >= 4 is 35.4 Å². The summed E-state index contributed by atoms with van der Waals surface area (Å²) in [5, 5.41) is 15.7. The first kappa shape index (κ1) is 17.8. The van der Waals surface area contributed by atoms with Crippen LogP contribution in [0.25, 0.3) is 0 Å². The van der Waals surface area contributed by atoms with E-state index in [2.05, 4.69) is 10.5 Å². The number of nitriles is 1. The molecule has 0 saturated carbocycles. The van der Waals surface area contributed by atoms with E-state index in [1.54, 1.807) is 43.3 Å². The molecule has 0 unspecified atom stereocenters. The fourth-order valence-corrected chi connectivity index (χ4v) is 1.81. The zero-order valence-electron chi connectivity index (χ0n) is 12.0. The van der Waals surface area contributed by atoms with Crippen molar-refractivity contribution in [3.63, 3.8) is 0 Å². The van der Waals surface area contributed by atoms with Gasteiger partial charge in [-0.25, -0.2) is 0 Å². The van der Waals surface area contributed by atoms with Crippen LogP contribution in [0, 0.1) is 11.3 Å². The molecule has 0 aromatic heterocycles. The molecule has 0 fully saturated rings. The SMILES string of the molecule is CN(C)/C=C(\C#N)C(=O)N/C=N/OCc1ccc(Cl)cc1Cl. The number of halogens is 2. The first-order chi connectivity index (χ1) is 10.4. The van der Waals surface area contributed by atoms with Gasteiger partial charge in [-0.1, -0.05) is 34.4 Å². The van der Waals surface area contributed by atoms with Crippen molar-refractivity contribution in [3.8, 4) is 6.07 Å². The highest BCUT2D eigenvalue weighted by atomic mass is 35.5. The zero-order valence-corrected chi connectivity index (χ0v) is 13.5. The number of nitrogens with zero attached hydrogens (tertiary/aromatic N) is 3. The minimum atomic E-state index is -0.576. The third-order valence-electron chi connectivity index (χ3n) is 2.31. The molecule has 0 spiro atoms. The Morgan fingerprint density at radius 2 is 2.23 bits per heavy atom.